The van der Waals surface area contributed by atoms with Crippen LogP contribution in [0.1, 0.15) is 75.2 Å². The smallest absolute Gasteiger partial charge is 0.247 e. The molecule has 1 atom stereocenters. The van der Waals surface area contributed by atoms with Crippen LogP contribution in [-0.2, 0) is 9.59 Å². The van der Waals surface area contributed by atoms with E-state index in [9.17, 15) is 9.59 Å². The molecular weight excluding hydrogens is 446 g/mol. The lowest BCUT2D eigenvalue weighted by molar-refractivity contribution is -0.137. The van der Waals surface area contributed by atoms with E-state index in [1.54, 1.807) is 4.90 Å². The summed E-state index contributed by atoms with van der Waals surface area (Å²) in [7, 11) is 0. The number of nitrogens with zero attached hydrogens (tertiary/aromatic N) is 3. The lowest BCUT2D eigenvalue weighted by Gasteiger charge is -2.40. The van der Waals surface area contributed by atoms with Crippen molar-refractivity contribution in [3.63, 3.8) is 0 Å². The highest BCUT2D eigenvalue weighted by Crippen LogP contribution is 2.42. The summed E-state index contributed by atoms with van der Waals surface area (Å²) in [6.45, 7) is 6.17. The Balaban J connectivity index is 1.47. The summed E-state index contributed by atoms with van der Waals surface area (Å²) in [5.74, 6) is 0.695. The van der Waals surface area contributed by atoms with Crippen molar-refractivity contribution >= 4 is 17.5 Å². The van der Waals surface area contributed by atoms with Gasteiger partial charge in [0.15, 0.2) is 0 Å². The Morgan fingerprint density at radius 3 is 2.33 bits per heavy atom. The van der Waals surface area contributed by atoms with Gasteiger partial charge in [0.1, 0.15) is 12.6 Å². The lowest BCUT2D eigenvalue weighted by atomic mass is 9.96. The van der Waals surface area contributed by atoms with Crippen LogP contribution in [0.5, 0.6) is 0 Å². The van der Waals surface area contributed by atoms with Crippen molar-refractivity contribution in [2.24, 2.45) is 5.92 Å². The number of fused-ring (bicyclic) bond motifs is 3. The van der Waals surface area contributed by atoms with Crippen LogP contribution < -0.4 is 4.90 Å². The molecule has 0 bridgehead atoms. The molecule has 0 saturated heterocycles. The standard InChI is InChI=1S/C31H37N3O2/c1-22(2)33(29(35)19-16-24-9-4-5-10-24)21-30(36)34-27-12-7-6-11-26(27)32-20-8-13-28(32)31(34)25-17-14-23(3)15-18-25/h6-8,11-15,17-18,20,22,24,31H,4-5,9-10,16,19,21H2,1-3H3/t31-/m1/s1. The molecule has 3 aromatic rings. The molecule has 5 nitrogen and oxygen atoms in total. The molecule has 0 unspecified atom stereocenters. The van der Waals surface area contributed by atoms with Gasteiger partial charge in [0, 0.05) is 18.7 Å². The molecule has 1 fully saturated rings. The van der Waals surface area contributed by atoms with Gasteiger partial charge in [-0.3, -0.25) is 14.5 Å². The number of anilines is 1. The second-order valence-corrected chi connectivity index (χ2v) is 10.7. The number of hydrogen-bond donors (Lipinski definition) is 0. The third kappa shape index (κ3) is 4.71. The SMILES string of the molecule is Cc1ccc([C@@H]2c3cccn3-c3ccccc3N2C(=O)CN(C(=O)CCC2CCCC2)C(C)C)cc1. The zero-order valence-electron chi connectivity index (χ0n) is 21.7. The van der Waals surface area contributed by atoms with E-state index in [1.165, 1.54) is 31.2 Å². The molecule has 36 heavy (non-hydrogen) atoms. The van der Waals surface area contributed by atoms with Crippen LogP contribution in [0.3, 0.4) is 0 Å². The van der Waals surface area contributed by atoms with Crippen LogP contribution in [0, 0.1) is 12.8 Å². The average Bonchev–Trinajstić information content (AvgIpc) is 3.58. The highest BCUT2D eigenvalue weighted by molar-refractivity contribution is 6.00. The predicted octanol–water partition coefficient (Wildman–Crippen LogP) is 6.43. The molecule has 0 spiro atoms. The first-order valence-electron chi connectivity index (χ1n) is 13.4. The molecule has 1 aromatic heterocycles. The van der Waals surface area contributed by atoms with E-state index < -0.39 is 0 Å². The van der Waals surface area contributed by atoms with Gasteiger partial charge in [-0.25, -0.2) is 0 Å². The summed E-state index contributed by atoms with van der Waals surface area (Å²) >= 11 is 0. The van der Waals surface area contributed by atoms with Crippen molar-refractivity contribution < 1.29 is 9.59 Å². The summed E-state index contributed by atoms with van der Waals surface area (Å²) in [6, 6.07) is 20.3. The molecule has 188 valence electrons. The number of rotatable bonds is 7. The molecule has 2 amide bonds. The summed E-state index contributed by atoms with van der Waals surface area (Å²) in [4.78, 5) is 31.1. The number of benzene rings is 2. The average molecular weight is 484 g/mol. The van der Waals surface area contributed by atoms with Gasteiger partial charge in [-0.15, -0.1) is 0 Å². The fraction of sp³-hybridized carbons (Fsp3) is 0.419. The second-order valence-electron chi connectivity index (χ2n) is 10.7. The quantitative estimate of drug-likeness (QED) is 0.389. The van der Waals surface area contributed by atoms with E-state index in [1.807, 2.05) is 43.0 Å². The monoisotopic (exact) mass is 483 g/mol. The van der Waals surface area contributed by atoms with E-state index in [0.29, 0.717) is 12.3 Å². The summed E-state index contributed by atoms with van der Waals surface area (Å²) in [5, 5.41) is 0. The maximum atomic E-state index is 14.1. The minimum atomic E-state index is -0.259. The normalized spacial score (nSPS) is 17.2. The molecule has 5 heteroatoms. The largest absolute Gasteiger partial charge is 0.331 e. The predicted molar refractivity (Wildman–Crippen MR) is 144 cm³/mol. The fourth-order valence-corrected chi connectivity index (χ4v) is 5.88. The number of hydrogen-bond acceptors (Lipinski definition) is 2. The van der Waals surface area contributed by atoms with Crippen LogP contribution in [0.25, 0.3) is 5.69 Å². The Bertz CT molecular complexity index is 1220. The minimum absolute atomic E-state index is 0.0354. The van der Waals surface area contributed by atoms with E-state index >= 15 is 0 Å². The maximum Gasteiger partial charge on any atom is 0.247 e. The van der Waals surface area contributed by atoms with Crippen LogP contribution in [0.15, 0.2) is 66.9 Å². The molecule has 0 N–H and O–H groups in total. The first-order chi connectivity index (χ1) is 17.4. The first-order valence-corrected chi connectivity index (χ1v) is 13.4. The van der Waals surface area contributed by atoms with Gasteiger partial charge in [0.05, 0.1) is 17.1 Å². The second kappa shape index (κ2) is 10.3. The number of para-hydroxylation sites is 2. The molecule has 1 saturated carbocycles. The van der Waals surface area contributed by atoms with Gasteiger partial charge < -0.3 is 9.47 Å². The molecule has 2 aromatic carbocycles. The molecular formula is C31H37N3O2. The third-order valence-corrected chi connectivity index (χ3v) is 7.87. The van der Waals surface area contributed by atoms with Gasteiger partial charge >= 0.3 is 0 Å². The first kappa shape index (κ1) is 24.4. The molecule has 1 aliphatic carbocycles. The van der Waals surface area contributed by atoms with Crippen molar-refractivity contribution in [3.8, 4) is 5.69 Å². The Kier molecular flexibility index (Phi) is 6.99. The van der Waals surface area contributed by atoms with Crippen molar-refractivity contribution in [2.75, 3.05) is 11.4 Å². The highest BCUT2D eigenvalue weighted by atomic mass is 16.2. The number of carbonyl (C=O) groups is 2. The summed E-state index contributed by atoms with van der Waals surface area (Å²) in [5.41, 5.74) is 5.15. The lowest BCUT2D eigenvalue weighted by Crippen LogP contribution is -2.48. The van der Waals surface area contributed by atoms with E-state index in [-0.39, 0.29) is 30.4 Å². The zero-order chi connectivity index (χ0) is 25.2. The Hall–Kier alpha value is -3.34. The zero-order valence-corrected chi connectivity index (χ0v) is 21.7. The number of carbonyl (C=O) groups excluding carboxylic acids is 2. The molecule has 5 rings (SSSR count). The number of amides is 2. The van der Waals surface area contributed by atoms with Gasteiger partial charge in [0.25, 0.3) is 0 Å². The molecule has 2 heterocycles. The van der Waals surface area contributed by atoms with Crippen molar-refractivity contribution in [1.29, 1.82) is 0 Å². The summed E-state index contributed by atoms with van der Waals surface area (Å²) in [6.07, 6.45) is 8.54. The Labute approximate surface area is 214 Å². The van der Waals surface area contributed by atoms with E-state index in [2.05, 4.69) is 54.1 Å². The highest BCUT2D eigenvalue weighted by Gasteiger charge is 2.37. The van der Waals surface area contributed by atoms with E-state index in [4.69, 9.17) is 0 Å². The van der Waals surface area contributed by atoms with Gasteiger partial charge in [-0.2, -0.15) is 0 Å². The number of aromatic nitrogens is 1. The van der Waals surface area contributed by atoms with Crippen molar-refractivity contribution in [3.05, 3.63) is 83.7 Å². The van der Waals surface area contributed by atoms with Crippen LogP contribution in [0.4, 0.5) is 5.69 Å². The third-order valence-electron chi connectivity index (χ3n) is 7.87. The molecule has 1 aliphatic heterocycles. The topological polar surface area (TPSA) is 45.6 Å². The van der Waals surface area contributed by atoms with Gasteiger partial charge in [-0.1, -0.05) is 67.6 Å². The number of aryl methyl sites for hydroxylation is 1. The Morgan fingerprint density at radius 1 is 0.944 bits per heavy atom. The van der Waals surface area contributed by atoms with Crippen molar-refractivity contribution in [1.82, 2.24) is 9.47 Å². The van der Waals surface area contributed by atoms with Crippen LogP contribution >= 0.6 is 0 Å². The fourth-order valence-electron chi connectivity index (χ4n) is 5.88. The van der Waals surface area contributed by atoms with Crippen LogP contribution in [-0.4, -0.2) is 33.9 Å². The molecule has 2 aliphatic rings. The summed E-state index contributed by atoms with van der Waals surface area (Å²) < 4.78 is 2.18. The van der Waals surface area contributed by atoms with Gasteiger partial charge in [-0.05, 0) is 62.9 Å². The van der Waals surface area contributed by atoms with E-state index in [0.717, 1.165) is 29.1 Å². The Morgan fingerprint density at radius 2 is 1.64 bits per heavy atom. The molecule has 0 radical (unpaired) electrons. The minimum Gasteiger partial charge on any atom is -0.331 e. The maximum absolute atomic E-state index is 14.1. The van der Waals surface area contributed by atoms with Crippen LogP contribution in [0.2, 0.25) is 0 Å². The van der Waals surface area contributed by atoms with Gasteiger partial charge in [0.2, 0.25) is 11.8 Å². The van der Waals surface area contributed by atoms with Crippen molar-refractivity contribution in [2.45, 2.75) is 71.4 Å².